The van der Waals surface area contributed by atoms with Crippen LogP contribution in [-0.2, 0) is 14.4 Å². The maximum absolute atomic E-state index is 11.8. The first kappa shape index (κ1) is 16.1. The predicted octanol–water partition coefficient (Wildman–Crippen LogP) is 0.0720. The molecule has 1 aliphatic heterocycles. The summed E-state index contributed by atoms with van der Waals surface area (Å²) in [4.78, 5) is 47.6. The smallest absolute Gasteiger partial charge is 0.329 e. The first-order chi connectivity index (χ1) is 9.82. The van der Waals surface area contributed by atoms with E-state index in [4.69, 9.17) is 15.0 Å². The van der Waals surface area contributed by atoms with E-state index in [0.717, 1.165) is 11.8 Å². The van der Waals surface area contributed by atoms with Crippen molar-refractivity contribution >= 4 is 29.6 Å². The Morgan fingerprint density at radius 1 is 1.38 bits per heavy atom. The number of aliphatic carboxylic acids is 2. The van der Waals surface area contributed by atoms with Crippen LogP contribution in [0, 0.1) is 0 Å². The van der Waals surface area contributed by atoms with Crippen LogP contribution in [0.1, 0.15) is 13.3 Å². The lowest BCUT2D eigenvalue weighted by molar-refractivity contribution is -0.139. The third kappa shape index (κ3) is 4.56. The molecule has 9 nitrogen and oxygen atoms in total. The van der Waals surface area contributed by atoms with Gasteiger partial charge in [0.1, 0.15) is 6.04 Å². The minimum absolute atomic E-state index is 0.322. The molecule has 1 aromatic heterocycles. The summed E-state index contributed by atoms with van der Waals surface area (Å²) < 4.78 is 0. The van der Waals surface area contributed by atoms with Gasteiger partial charge in [-0.25, -0.2) is 9.69 Å². The van der Waals surface area contributed by atoms with Gasteiger partial charge in [-0.05, 0) is 12.1 Å². The number of imide groups is 1. The van der Waals surface area contributed by atoms with Crippen LogP contribution in [0.25, 0.3) is 0 Å². The quantitative estimate of drug-likeness (QED) is 0.671. The molecule has 1 saturated heterocycles. The molecule has 1 aromatic rings. The predicted molar refractivity (Wildman–Crippen MR) is 69.6 cm³/mol. The minimum Gasteiger partial charge on any atom is -0.481 e. The zero-order chi connectivity index (χ0) is 16.0. The molecule has 112 valence electrons. The molecular formula is C12H13N3O6. The zero-order valence-electron chi connectivity index (χ0n) is 11.0. The van der Waals surface area contributed by atoms with Crippen molar-refractivity contribution < 1.29 is 29.4 Å². The van der Waals surface area contributed by atoms with Gasteiger partial charge in [-0.1, -0.05) is 0 Å². The van der Waals surface area contributed by atoms with Crippen LogP contribution in [0.3, 0.4) is 0 Å². The number of carboxylic acids is 2. The number of pyridine rings is 1. The van der Waals surface area contributed by atoms with Crippen molar-refractivity contribution in [2.45, 2.75) is 19.4 Å². The maximum Gasteiger partial charge on any atom is 0.329 e. The van der Waals surface area contributed by atoms with Gasteiger partial charge in [0.15, 0.2) is 0 Å². The molecule has 21 heavy (non-hydrogen) atoms. The highest BCUT2D eigenvalue weighted by atomic mass is 16.4. The van der Waals surface area contributed by atoms with E-state index in [-0.39, 0.29) is 0 Å². The van der Waals surface area contributed by atoms with E-state index in [1.165, 1.54) is 12.4 Å². The Hall–Kier alpha value is -2.97. The first-order valence-electron chi connectivity index (χ1n) is 5.78. The van der Waals surface area contributed by atoms with Crippen molar-refractivity contribution in [3.8, 4) is 0 Å². The average Bonchev–Trinajstić information content (AvgIpc) is 2.64. The number of amides is 3. The highest BCUT2D eigenvalue weighted by Gasteiger charge is 2.40. The van der Waals surface area contributed by atoms with Gasteiger partial charge >= 0.3 is 12.0 Å². The van der Waals surface area contributed by atoms with Gasteiger partial charge < -0.3 is 15.5 Å². The van der Waals surface area contributed by atoms with Gasteiger partial charge in [0.05, 0.1) is 18.3 Å². The number of aromatic nitrogens is 1. The minimum atomic E-state index is -1.14. The van der Waals surface area contributed by atoms with Crippen LogP contribution >= 0.6 is 0 Å². The van der Waals surface area contributed by atoms with Crippen molar-refractivity contribution in [1.29, 1.82) is 0 Å². The normalized spacial score (nSPS) is 16.8. The van der Waals surface area contributed by atoms with Crippen molar-refractivity contribution in [3.63, 3.8) is 0 Å². The SMILES string of the molecule is CC(=O)O.O=C(O)C[C@@H]1NC(=O)N(c2cccnc2)C1=O. The third-order valence-electron chi connectivity index (χ3n) is 2.30. The monoisotopic (exact) mass is 295 g/mol. The number of hydrogen-bond acceptors (Lipinski definition) is 5. The number of urea groups is 1. The second-order valence-corrected chi connectivity index (χ2v) is 4.00. The summed E-state index contributed by atoms with van der Waals surface area (Å²) in [5.41, 5.74) is 0.322. The number of nitrogens with one attached hydrogen (secondary N) is 1. The molecule has 0 bridgehead atoms. The summed E-state index contributed by atoms with van der Waals surface area (Å²) in [5.74, 6) is -2.55. The Morgan fingerprint density at radius 3 is 2.48 bits per heavy atom. The van der Waals surface area contributed by atoms with Crippen LogP contribution in [0.2, 0.25) is 0 Å². The standard InChI is InChI=1S/C10H9N3O4.C2H4O2/c14-8(15)4-7-9(16)13(10(17)12-7)6-2-1-3-11-5-6;1-2(3)4/h1-3,5,7H,4H2,(H,12,17)(H,14,15);1H3,(H,3,4)/t7-;/m0./s1. The molecule has 1 atom stereocenters. The highest BCUT2D eigenvalue weighted by Crippen LogP contribution is 2.18. The van der Waals surface area contributed by atoms with E-state index in [2.05, 4.69) is 10.3 Å². The van der Waals surface area contributed by atoms with E-state index < -0.39 is 36.3 Å². The van der Waals surface area contributed by atoms with Crippen molar-refractivity contribution in [2.75, 3.05) is 4.90 Å². The summed E-state index contributed by atoms with van der Waals surface area (Å²) in [6.45, 7) is 1.08. The molecule has 0 aliphatic carbocycles. The maximum atomic E-state index is 11.8. The summed E-state index contributed by atoms with van der Waals surface area (Å²) in [6.07, 6.45) is 2.44. The molecule has 1 fully saturated rings. The van der Waals surface area contributed by atoms with Gasteiger partial charge in [0.2, 0.25) is 0 Å². The van der Waals surface area contributed by atoms with E-state index in [1.54, 1.807) is 12.1 Å². The van der Waals surface area contributed by atoms with Crippen LogP contribution in [0.15, 0.2) is 24.5 Å². The molecule has 9 heteroatoms. The molecule has 0 saturated carbocycles. The molecule has 3 amide bonds. The number of anilines is 1. The van der Waals surface area contributed by atoms with Crippen molar-refractivity contribution in [2.24, 2.45) is 0 Å². The molecule has 3 N–H and O–H groups in total. The molecule has 0 radical (unpaired) electrons. The number of nitrogens with zero attached hydrogens (tertiary/aromatic N) is 2. The summed E-state index contributed by atoms with van der Waals surface area (Å²) >= 11 is 0. The van der Waals surface area contributed by atoms with Gasteiger partial charge in [-0.3, -0.25) is 19.4 Å². The van der Waals surface area contributed by atoms with Crippen LogP contribution < -0.4 is 10.2 Å². The zero-order valence-corrected chi connectivity index (χ0v) is 11.0. The second kappa shape index (κ2) is 6.98. The Kier molecular flexibility index (Phi) is 5.35. The van der Waals surface area contributed by atoms with E-state index in [9.17, 15) is 14.4 Å². The number of hydrogen-bond donors (Lipinski definition) is 3. The van der Waals surface area contributed by atoms with Gasteiger partial charge in [-0.15, -0.1) is 0 Å². The lowest BCUT2D eigenvalue weighted by atomic mass is 10.2. The molecular weight excluding hydrogens is 282 g/mol. The number of carboxylic acid groups (broad SMARTS) is 2. The molecule has 2 heterocycles. The molecule has 0 unspecified atom stereocenters. The topological polar surface area (TPSA) is 137 Å². The summed E-state index contributed by atoms with van der Waals surface area (Å²) in [7, 11) is 0. The summed E-state index contributed by atoms with van der Waals surface area (Å²) in [5, 5.41) is 18.3. The van der Waals surface area contributed by atoms with Gasteiger partial charge in [-0.2, -0.15) is 0 Å². The fourth-order valence-electron chi connectivity index (χ4n) is 1.57. The van der Waals surface area contributed by atoms with Crippen LogP contribution in [0.5, 0.6) is 0 Å². The number of rotatable bonds is 3. The van der Waals surface area contributed by atoms with Crippen LogP contribution in [0.4, 0.5) is 10.5 Å². The highest BCUT2D eigenvalue weighted by molar-refractivity contribution is 6.21. The summed E-state index contributed by atoms with van der Waals surface area (Å²) in [6, 6.07) is 1.49. The second-order valence-electron chi connectivity index (χ2n) is 4.00. The Labute approximate surface area is 119 Å². The lowest BCUT2D eigenvalue weighted by Crippen LogP contribution is -2.32. The van der Waals surface area contributed by atoms with Gasteiger partial charge in [0.25, 0.3) is 11.9 Å². The average molecular weight is 295 g/mol. The largest absolute Gasteiger partial charge is 0.481 e. The van der Waals surface area contributed by atoms with E-state index in [0.29, 0.717) is 5.69 Å². The first-order valence-corrected chi connectivity index (χ1v) is 5.78. The third-order valence-corrected chi connectivity index (χ3v) is 2.30. The molecule has 0 spiro atoms. The lowest BCUT2D eigenvalue weighted by Gasteiger charge is -2.11. The van der Waals surface area contributed by atoms with E-state index >= 15 is 0 Å². The van der Waals surface area contributed by atoms with Crippen molar-refractivity contribution in [1.82, 2.24) is 10.3 Å². The Balaban J connectivity index is 0.000000491. The number of carbonyl (C=O) groups excluding carboxylic acids is 2. The molecule has 1 aliphatic rings. The van der Waals surface area contributed by atoms with Crippen molar-refractivity contribution in [3.05, 3.63) is 24.5 Å². The van der Waals surface area contributed by atoms with E-state index in [1.807, 2.05) is 0 Å². The number of carbonyl (C=O) groups is 4. The Morgan fingerprint density at radius 2 is 2.00 bits per heavy atom. The Bertz CT molecular complexity index is 555. The molecule has 0 aromatic carbocycles. The fourth-order valence-corrected chi connectivity index (χ4v) is 1.57. The van der Waals surface area contributed by atoms with Gasteiger partial charge in [0, 0.05) is 13.1 Å². The van der Waals surface area contributed by atoms with Crippen LogP contribution in [-0.4, -0.2) is 45.1 Å². The fraction of sp³-hybridized carbons (Fsp3) is 0.250. The molecule has 2 rings (SSSR count).